The maximum atomic E-state index is 13.2. The average molecular weight is 581 g/mol. The van der Waals surface area contributed by atoms with Crippen molar-refractivity contribution in [1.82, 2.24) is 4.90 Å². The van der Waals surface area contributed by atoms with Crippen LogP contribution >= 0.6 is 23.2 Å². The molecular formula is C32H32Cl2FN3O2. The lowest BCUT2D eigenvalue weighted by atomic mass is 10.00. The van der Waals surface area contributed by atoms with Crippen molar-refractivity contribution in [3.63, 3.8) is 0 Å². The number of piperazine rings is 1. The molecule has 4 aromatic carbocycles. The molecule has 0 saturated carbocycles. The second-order valence-corrected chi connectivity index (χ2v) is 10.9. The maximum absolute atomic E-state index is 13.2. The second-order valence-electron chi connectivity index (χ2n) is 10.1. The fourth-order valence-electron chi connectivity index (χ4n) is 4.95. The van der Waals surface area contributed by atoms with Crippen molar-refractivity contribution in [3.05, 3.63) is 112 Å². The molecule has 3 N–H and O–H groups in total. The molecule has 1 aliphatic heterocycles. The lowest BCUT2D eigenvalue weighted by molar-refractivity contribution is 0.0664. The van der Waals surface area contributed by atoms with E-state index < -0.39 is 6.10 Å². The predicted octanol–water partition coefficient (Wildman–Crippen LogP) is 6.53. The Kier molecular flexibility index (Phi) is 9.12. The van der Waals surface area contributed by atoms with Crippen molar-refractivity contribution in [2.24, 2.45) is 0 Å². The molecule has 1 atom stereocenters. The molecule has 1 unspecified atom stereocenters. The zero-order valence-corrected chi connectivity index (χ0v) is 23.6. The molecule has 4 aromatic rings. The number of anilines is 2. The van der Waals surface area contributed by atoms with Gasteiger partial charge in [0.1, 0.15) is 18.5 Å². The van der Waals surface area contributed by atoms with Crippen molar-refractivity contribution in [2.75, 3.05) is 50.0 Å². The molecule has 1 fully saturated rings. The average Bonchev–Trinajstić information content (AvgIpc) is 2.95. The van der Waals surface area contributed by atoms with E-state index >= 15 is 0 Å². The number of aliphatic hydroxyl groups excluding tert-OH is 1. The van der Waals surface area contributed by atoms with E-state index in [1.165, 1.54) is 28.9 Å². The number of halogens is 3. The molecule has 0 spiro atoms. The van der Waals surface area contributed by atoms with Gasteiger partial charge in [-0.3, -0.25) is 4.90 Å². The van der Waals surface area contributed by atoms with Crippen molar-refractivity contribution < 1.29 is 14.2 Å². The lowest BCUT2D eigenvalue weighted by Crippen LogP contribution is -2.49. The smallest absolute Gasteiger partial charge is 0.156 e. The first-order chi connectivity index (χ1) is 19.3. The Morgan fingerprint density at radius 3 is 1.90 bits per heavy atom. The van der Waals surface area contributed by atoms with Crippen LogP contribution in [0.3, 0.4) is 0 Å². The van der Waals surface area contributed by atoms with Gasteiger partial charge in [0.25, 0.3) is 0 Å². The van der Waals surface area contributed by atoms with Crippen LogP contribution in [-0.2, 0) is 6.42 Å². The third-order valence-electron chi connectivity index (χ3n) is 7.12. The molecule has 1 heterocycles. The van der Waals surface area contributed by atoms with E-state index in [1.807, 2.05) is 12.1 Å². The Bertz CT molecular complexity index is 1390. The normalized spacial score (nSPS) is 14.8. The van der Waals surface area contributed by atoms with Gasteiger partial charge in [-0.05, 0) is 65.1 Å². The van der Waals surface area contributed by atoms with Gasteiger partial charge in [-0.15, -0.1) is 0 Å². The number of nitrogens with zero attached hydrogens (tertiary/aromatic N) is 2. The molecule has 5 rings (SSSR count). The van der Waals surface area contributed by atoms with Gasteiger partial charge in [0.05, 0.1) is 10.0 Å². The number of benzene rings is 4. The molecule has 1 saturated heterocycles. The molecule has 5 nitrogen and oxygen atoms in total. The van der Waals surface area contributed by atoms with E-state index in [-0.39, 0.29) is 12.4 Å². The Morgan fingerprint density at radius 1 is 0.800 bits per heavy atom. The highest BCUT2D eigenvalue weighted by Gasteiger charge is 2.20. The van der Waals surface area contributed by atoms with Crippen LogP contribution in [0, 0.1) is 5.82 Å². The van der Waals surface area contributed by atoms with E-state index in [9.17, 15) is 9.50 Å². The van der Waals surface area contributed by atoms with Crippen LogP contribution < -0.4 is 15.4 Å². The van der Waals surface area contributed by atoms with Crippen molar-refractivity contribution >= 4 is 34.6 Å². The molecule has 1 aliphatic rings. The quantitative estimate of drug-likeness (QED) is 0.221. The summed E-state index contributed by atoms with van der Waals surface area (Å²) in [7, 11) is 0. The minimum absolute atomic E-state index is 0.0955. The SMILES string of the molecule is Nc1cc(Cl)c(OCC(O)CN2CCN(c3ccc(-c4ccc(Cc5ccc(F)cc5)cc4)cc3)CC2)c(Cl)c1. The summed E-state index contributed by atoms with van der Waals surface area (Å²) in [5, 5.41) is 11.2. The van der Waals surface area contributed by atoms with Crippen molar-refractivity contribution in [1.29, 1.82) is 0 Å². The lowest BCUT2D eigenvalue weighted by Gasteiger charge is -2.37. The molecule has 0 bridgehead atoms. The number of ether oxygens (including phenoxy) is 1. The summed E-state index contributed by atoms with van der Waals surface area (Å²) in [5.41, 5.74) is 12.0. The van der Waals surface area contributed by atoms with Crippen molar-refractivity contribution in [3.8, 4) is 16.9 Å². The molecule has 8 heteroatoms. The molecule has 0 aliphatic carbocycles. The maximum Gasteiger partial charge on any atom is 0.156 e. The molecule has 0 aromatic heterocycles. The summed E-state index contributed by atoms with van der Waals surface area (Å²) in [6.07, 6.45) is 0.110. The van der Waals surface area contributed by atoms with Crippen LogP contribution in [0.4, 0.5) is 15.8 Å². The highest BCUT2D eigenvalue weighted by atomic mass is 35.5. The number of aliphatic hydroxyl groups is 1. The largest absolute Gasteiger partial charge is 0.488 e. The Morgan fingerprint density at radius 2 is 1.32 bits per heavy atom. The first kappa shape index (κ1) is 28.2. The number of β-amino-alcohol motifs (C(OH)–C–C–N with tert-alkyl or cyclic N) is 1. The van der Waals surface area contributed by atoms with Crippen LogP contribution in [0.2, 0.25) is 10.0 Å². The number of rotatable bonds is 9. The molecule has 208 valence electrons. The topological polar surface area (TPSA) is 62.0 Å². The Hall–Kier alpha value is -3.29. The van der Waals surface area contributed by atoms with Crippen LogP contribution in [-0.4, -0.2) is 55.4 Å². The summed E-state index contributed by atoms with van der Waals surface area (Å²) < 4.78 is 18.8. The van der Waals surface area contributed by atoms with Crippen LogP contribution in [0.15, 0.2) is 84.9 Å². The minimum atomic E-state index is -0.669. The van der Waals surface area contributed by atoms with Gasteiger partial charge in [0.15, 0.2) is 5.75 Å². The first-order valence-electron chi connectivity index (χ1n) is 13.3. The van der Waals surface area contributed by atoms with E-state index in [1.54, 1.807) is 12.1 Å². The summed E-state index contributed by atoms with van der Waals surface area (Å²) >= 11 is 12.3. The number of nitrogens with two attached hydrogens (primary N) is 1. The van der Waals surface area contributed by atoms with E-state index in [2.05, 4.69) is 58.3 Å². The summed E-state index contributed by atoms with van der Waals surface area (Å²) in [6.45, 7) is 4.04. The van der Waals surface area contributed by atoms with Crippen molar-refractivity contribution in [2.45, 2.75) is 12.5 Å². The van der Waals surface area contributed by atoms with Gasteiger partial charge in [0, 0.05) is 44.1 Å². The number of hydrogen-bond acceptors (Lipinski definition) is 5. The van der Waals surface area contributed by atoms with Gasteiger partial charge in [-0.2, -0.15) is 0 Å². The van der Waals surface area contributed by atoms with Gasteiger partial charge < -0.3 is 20.5 Å². The summed E-state index contributed by atoms with van der Waals surface area (Å²) in [4.78, 5) is 4.60. The third-order valence-corrected chi connectivity index (χ3v) is 7.68. The standard InChI is InChI=1S/C32H32Cl2FN3O2/c33-30-18-27(36)19-31(34)32(30)40-21-29(39)20-37-13-15-38(16-14-37)28-11-7-25(8-12-28)24-5-1-22(2-6-24)17-23-3-9-26(35)10-4-23/h1-12,18-19,29,39H,13-17,20-21,36H2. The van der Waals surface area contributed by atoms with E-state index in [0.717, 1.165) is 43.7 Å². The highest BCUT2D eigenvalue weighted by molar-refractivity contribution is 6.37. The summed E-state index contributed by atoms with van der Waals surface area (Å²) in [6, 6.07) is 27.0. The monoisotopic (exact) mass is 579 g/mol. The Labute approximate surface area is 244 Å². The van der Waals surface area contributed by atoms with Gasteiger partial charge in [-0.25, -0.2) is 4.39 Å². The zero-order chi connectivity index (χ0) is 28.1. The molecule has 0 amide bonds. The highest BCUT2D eigenvalue weighted by Crippen LogP contribution is 2.35. The van der Waals surface area contributed by atoms with E-state index in [0.29, 0.717) is 28.0 Å². The number of nitrogen functional groups attached to an aromatic ring is 1. The van der Waals surface area contributed by atoms with Gasteiger partial charge in [-0.1, -0.05) is 71.7 Å². The molecular weight excluding hydrogens is 548 g/mol. The Balaban J connectivity index is 1.09. The molecule has 0 radical (unpaired) electrons. The predicted molar refractivity (Wildman–Crippen MR) is 162 cm³/mol. The van der Waals surface area contributed by atoms with E-state index in [4.69, 9.17) is 33.7 Å². The minimum Gasteiger partial charge on any atom is -0.488 e. The summed E-state index contributed by atoms with van der Waals surface area (Å²) in [5.74, 6) is 0.127. The van der Waals surface area contributed by atoms with Crippen LogP contribution in [0.25, 0.3) is 11.1 Å². The zero-order valence-electron chi connectivity index (χ0n) is 22.1. The molecule has 40 heavy (non-hydrogen) atoms. The second kappa shape index (κ2) is 12.9. The van der Waals surface area contributed by atoms with Gasteiger partial charge in [0.2, 0.25) is 0 Å². The number of hydrogen-bond donors (Lipinski definition) is 2. The fraction of sp³-hybridized carbons (Fsp3) is 0.250. The first-order valence-corrected chi connectivity index (χ1v) is 14.1. The van der Waals surface area contributed by atoms with Crippen LogP contribution in [0.1, 0.15) is 11.1 Å². The third kappa shape index (κ3) is 7.26. The van der Waals surface area contributed by atoms with Crippen LogP contribution in [0.5, 0.6) is 5.75 Å². The van der Waals surface area contributed by atoms with Gasteiger partial charge >= 0.3 is 0 Å². The fourth-order valence-corrected chi connectivity index (χ4v) is 5.57.